The summed E-state index contributed by atoms with van der Waals surface area (Å²) in [7, 11) is 0. The number of pyridine rings is 1. The van der Waals surface area contributed by atoms with E-state index in [1.54, 1.807) is 45.0 Å². The molecular formula is C22H18Cl2F2N2O2. The van der Waals surface area contributed by atoms with E-state index in [9.17, 15) is 4.79 Å². The van der Waals surface area contributed by atoms with Crippen LogP contribution in [0.3, 0.4) is 0 Å². The standard InChI is InChI=1S/C22H18Cl2F2N2O2/c1-4-28-21(20-18(25)9-13(10-19(20)26)30-27-12(2)3)15(11-17(24)22(28)29)14-7-5-6-8-16(14)23/h5-11H,4H2,1-3H3. The first-order valence-electron chi connectivity index (χ1n) is 9.10. The van der Waals surface area contributed by atoms with Crippen LogP contribution < -0.4 is 10.4 Å². The lowest BCUT2D eigenvalue weighted by molar-refractivity contribution is 0.336. The van der Waals surface area contributed by atoms with Gasteiger partial charge in [0.2, 0.25) is 0 Å². The normalized spacial score (nSPS) is 10.8. The molecule has 0 aliphatic rings. The Bertz CT molecular complexity index is 1180. The van der Waals surface area contributed by atoms with Crippen LogP contribution in [-0.2, 0) is 6.54 Å². The van der Waals surface area contributed by atoms with Gasteiger partial charge in [-0.15, -0.1) is 0 Å². The number of hydrogen-bond acceptors (Lipinski definition) is 3. The zero-order valence-corrected chi connectivity index (χ0v) is 18.0. The van der Waals surface area contributed by atoms with Crippen molar-refractivity contribution >= 4 is 28.9 Å². The smallest absolute Gasteiger partial charge is 0.269 e. The van der Waals surface area contributed by atoms with E-state index >= 15 is 8.78 Å². The van der Waals surface area contributed by atoms with E-state index < -0.39 is 17.2 Å². The van der Waals surface area contributed by atoms with Gasteiger partial charge >= 0.3 is 0 Å². The second kappa shape index (κ2) is 8.98. The minimum Gasteiger partial charge on any atom is -0.357 e. The lowest BCUT2D eigenvalue weighted by atomic mass is 9.97. The van der Waals surface area contributed by atoms with Gasteiger partial charge in [0.05, 0.1) is 17.0 Å². The molecule has 0 fully saturated rings. The molecule has 2 aromatic carbocycles. The Morgan fingerprint density at radius 2 is 1.67 bits per heavy atom. The summed E-state index contributed by atoms with van der Waals surface area (Å²) in [6.45, 7) is 5.20. The molecule has 1 heterocycles. The molecule has 0 aliphatic heterocycles. The number of nitrogens with zero attached hydrogens (tertiary/aromatic N) is 2. The lowest BCUT2D eigenvalue weighted by Crippen LogP contribution is -2.23. The SMILES string of the molecule is CCn1c(-c2c(F)cc(ON=C(C)C)cc2F)c(-c2ccccc2Cl)cc(Cl)c1=O. The molecule has 0 amide bonds. The summed E-state index contributed by atoms with van der Waals surface area (Å²) in [6, 6.07) is 10.2. The van der Waals surface area contributed by atoms with Crippen molar-refractivity contribution in [1.82, 2.24) is 4.57 Å². The van der Waals surface area contributed by atoms with Crippen molar-refractivity contribution in [3.63, 3.8) is 0 Å². The minimum absolute atomic E-state index is 0.0386. The number of oxime groups is 1. The fourth-order valence-electron chi connectivity index (χ4n) is 3.06. The second-order valence-electron chi connectivity index (χ2n) is 6.68. The largest absolute Gasteiger partial charge is 0.357 e. The molecule has 3 rings (SSSR count). The van der Waals surface area contributed by atoms with Crippen LogP contribution in [0.1, 0.15) is 20.8 Å². The molecule has 156 valence electrons. The van der Waals surface area contributed by atoms with Crippen molar-refractivity contribution in [2.24, 2.45) is 5.16 Å². The first-order valence-corrected chi connectivity index (χ1v) is 9.86. The molecule has 1 aromatic heterocycles. The minimum atomic E-state index is -0.911. The third-order valence-electron chi connectivity index (χ3n) is 4.31. The average molecular weight is 451 g/mol. The summed E-state index contributed by atoms with van der Waals surface area (Å²) in [5.74, 6) is -1.93. The highest BCUT2D eigenvalue weighted by Gasteiger charge is 2.24. The molecule has 0 spiro atoms. The Hall–Kier alpha value is -2.70. The number of halogens is 4. The molecule has 0 aliphatic carbocycles. The fourth-order valence-corrected chi connectivity index (χ4v) is 3.51. The van der Waals surface area contributed by atoms with Crippen molar-refractivity contribution in [3.8, 4) is 28.1 Å². The van der Waals surface area contributed by atoms with E-state index in [4.69, 9.17) is 28.0 Å². The van der Waals surface area contributed by atoms with Crippen molar-refractivity contribution < 1.29 is 13.6 Å². The molecule has 30 heavy (non-hydrogen) atoms. The molecule has 4 nitrogen and oxygen atoms in total. The predicted molar refractivity (Wildman–Crippen MR) is 117 cm³/mol. The second-order valence-corrected chi connectivity index (χ2v) is 7.49. The molecule has 0 saturated carbocycles. The Balaban J connectivity index is 2.36. The Labute approximate surface area is 182 Å². The van der Waals surface area contributed by atoms with Crippen LogP contribution in [0.4, 0.5) is 8.78 Å². The van der Waals surface area contributed by atoms with Gasteiger partial charge in [-0.25, -0.2) is 8.78 Å². The van der Waals surface area contributed by atoms with Gasteiger partial charge in [0.25, 0.3) is 5.56 Å². The molecule has 0 unspecified atom stereocenters. The maximum absolute atomic E-state index is 15.1. The van der Waals surface area contributed by atoms with Gasteiger partial charge in [-0.05, 0) is 32.9 Å². The number of benzene rings is 2. The molecule has 0 atom stereocenters. The van der Waals surface area contributed by atoms with Crippen LogP contribution in [0.15, 0.2) is 52.4 Å². The lowest BCUT2D eigenvalue weighted by Gasteiger charge is -2.19. The van der Waals surface area contributed by atoms with Crippen molar-refractivity contribution in [2.75, 3.05) is 0 Å². The van der Waals surface area contributed by atoms with Gasteiger partial charge in [-0.1, -0.05) is 46.6 Å². The molecule has 0 radical (unpaired) electrons. The Morgan fingerprint density at radius 1 is 1.03 bits per heavy atom. The summed E-state index contributed by atoms with van der Waals surface area (Å²) in [6.07, 6.45) is 0. The Morgan fingerprint density at radius 3 is 2.23 bits per heavy atom. The molecule has 0 bridgehead atoms. The summed E-state index contributed by atoms with van der Waals surface area (Å²) in [5.41, 5.74) is 0.500. The van der Waals surface area contributed by atoms with Crippen LogP contribution in [-0.4, -0.2) is 10.3 Å². The Kier molecular flexibility index (Phi) is 6.58. The number of aromatic nitrogens is 1. The molecule has 0 saturated heterocycles. The van der Waals surface area contributed by atoms with E-state index in [0.29, 0.717) is 21.9 Å². The number of hydrogen-bond donors (Lipinski definition) is 0. The van der Waals surface area contributed by atoms with Gasteiger partial charge < -0.3 is 9.40 Å². The van der Waals surface area contributed by atoms with Crippen molar-refractivity contribution in [3.05, 3.63) is 74.5 Å². The highest BCUT2D eigenvalue weighted by atomic mass is 35.5. The first-order chi connectivity index (χ1) is 14.2. The van der Waals surface area contributed by atoms with Crippen LogP contribution in [0.2, 0.25) is 10.0 Å². The van der Waals surface area contributed by atoms with Crippen LogP contribution in [0.25, 0.3) is 22.4 Å². The summed E-state index contributed by atoms with van der Waals surface area (Å²) in [4.78, 5) is 17.7. The molecule has 3 aromatic rings. The van der Waals surface area contributed by atoms with Gasteiger partial charge in [-0.2, -0.15) is 0 Å². The maximum Gasteiger partial charge on any atom is 0.269 e. The third-order valence-corrected chi connectivity index (χ3v) is 4.91. The van der Waals surface area contributed by atoms with E-state index in [1.807, 2.05) is 0 Å². The summed E-state index contributed by atoms with van der Waals surface area (Å²) < 4.78 is 31.5. The van der Waals surface area contributed by atoms with Crippen LogP contribution in [0.5, 0.6) is 5.75 Å². The van der Waals surface area contributed by atoms with E-state index in [2.05, 4.69) is 5.16 Å². The monoisotopic (exact) mass is 450 g/mol. The zero-order chi connectivity index (χ0) is 22.0. The van der Waals surface area contributed by atoms with E-state index in [0.717, 1.165) is 12.1 Å². The quantitative estimate of drug-likeness (QED) is 0.326. The van der Waals surface area contributed by atoms with Crippen molar-refractivity contribution in [2.45, 2.75) is 27.3 Å². The molecule has 0 N–H and O–H groups in total. The van der Waals surface area contributed by atoms with Gasteiger partial charge in [-0.3, -0.25) is 4.79 Å². The zero-order valence-electron chi connectivity index (χ0n) is 16.5. The molecular weight excluding hydrogens is 433 g/mol. The van der Waals surface area contributed by atoms with E-state index in [1.165, 1.54) is 10.6 Å². The molecule has 8 heteroatoms. The maximum atomic E-state index is 15.1. The summed E-state index contributed by atoms with van der Waals surface area (Å²) in [5, 5.41) is 3.98. The third kappa shape index (κ3) is 4.25. The summed E-state index contributed by atoms with van der Waals surface area (Å²) >= 11 is 12.5. The first kappa shape index (κ1) is 22.0. The van der Waals surface area contributed by atoms with Crippen molar-refractivity contribution in [1.29, 1.82) is 0 Å². The van der Waals surface area contributed by atoms with Gasteiger partial charge in [0, 0.05) is 34.8 Å². The fraction of sp³-hybridized carbons (Fsp3) is 0.182. The van der Waals surface area contributed by atoms with Crippen LogP contribution >= 0.6 is 23.2 Å². The highest BCUT2D eigenvalue weighted by molar-refractivity contribution is 6.34. The average Bonchev–Trinajstić information content (AvgIpc) is 2.69. The van der Waals surface area contributed by atoms with Crippen LogP contribution in [0, 0.1) is 11.6 Å². The topological polar surface area (TPSA) is 43.6 Å². The predicted octanol–water partition coefficient (Wildman–Crippen LogP) is 6.56. The number of rotatable bonds is 5. The van der Waals surface area contributed by atoms with Gasteiger partial charge in [0.1, 0.15) is 16.7 Å². The van der Waals surface area contributed by atoms with E-state index in [-0.39, 0.29) is 28.6 Å². The van der Waals surface area contributed by atoms with Gasteiger partial charge in [0.15, 0.2) is 5.75 Å². The highest BCUT2D eigenvalue weighted by Crippen LogP contribution is 2.39.